The van der Waals surface area contributed by atoms with Gasteiger partial charge in [0.15, 0.2) is 6.61 Å². The monoisotopic (exact) mass is 448 g/mol. The van der Waals surface area contributed by atoms with Gasteiger partial charge in [0.1, 0.15) is 5.82 Å². The largest absolute Gasteiger partial charge is 0.452 e. The van der Waals surface area contributed by atoms with Crippen molar-refractivity contribution in [2.45, 2.75) is 31.6 Å². The van der Waals surface area contributed by atoms with Crippen LogP contribution in [-0.4, -0.2) is 44.9 Å². The van der Waals surface area contributed by atoms with E-state index in [2.05, 4.69) is 11.6 Å². The zero-order valence-corrected chi connectivity index (χ0v) is 18.2. The molecule has 1 amide bonds. The summed E-state index contributed by atoms with van der Waals surface area (Å²) < 4.78 is 45.9. The molecule has 1 aliphatic rings. The third-order valence-electron chi connectivity index (χ3n) is 5.17. The number of carbonyl (C=O) groups is 2. The first-order chi connectivity index (χ1) is 14.7. The number of rotatable bonds is 6. The van der Waals surface area contributed by atoms with Gasteiger partial charge in [0.25, 0.3) is 15.9 Å². The average molecular weight is 449 g/mol. The van der Waals surface area contributed by atoms with E-state index in [0.717, 1.165) is 25.0 Å². The summed E-state index contributed by atoms with van der Waals surface area (Å²) in [5.74, 6) is -1.11. The molecule has 3 rings (SSSR count). The number of hydrogen-bond acceptors (Lipinski definition) is 5. The maximum absolute atomic E-state index is 13.0. The minimum atomic E-state index is -4.01. The predicted octanol–water partition coefficient (Wildman–Crippen LogP) is 3.35. The summed E-state index contributed by atoms with van der Waals surface area (Å²) in [6.07, 6.45) is 1.98. The van der Waals surface area contributed by atoms with E-state index in [-0.39, 0.29) is 22.1 Å². The number of amides is 1. The van der Waals surface area contributed by atoms with Crippen molar-refractivity contribution in [3.8, 4) is 0 Å². The van der Waals surface area contributed by atoms with E-state index >= 15 is 0 Å². The van der Waals surface area contributed by atoms with Gasteiger partial charge in [-0.1, -0.05) is 13.0 Å². The molecule has 1 atom stereocenters. The average Bonchev–Trinajstić information content (AvgIpc) is 2.73. The molecule has 2 aromatic rings. The molecule has 31 heavy (non-hydrogen) atoms. The van der Waals surface area contributed by atoms with E-state index in [1.807, 2.05) is 0 Å². The maximum Gasteiger partial charge on any atom is 0.338 e. The molecule has 0 aromatic heterocycles. The highest BCUT2D eigenvalue weighted by Crippen LogP contribution is 2.21. The molecule has 0 radical (unpaired) electrons. The van der Waals surface area contributed by atoms with Gasteiger partial charge < -0.3 is 9.64 Å². The Morgan fingerprint density at radius 3 is 2.58 bits per heavy atom. The van der Waals surface area contributed by atoms with Crippen LogP contribution < -0.4 is 4.72 Å². The van der Waals surface area contributed by atoms with Crippen LogP contribution in [0.5, 0.6) is 0 Å². The SMILES string of the molecule is Cc1ccc(S(=O)(=O)Nc2ccc(F)cc2)cc1C(=O)OCC(=O)N1CCCC(C)C1. The van der Waals surface area contributed by atoms with Crippen molar-refractivity contribution in [1.29, 1.82) is 0 Å². The molecule has 166 valence electrons. The Labute approximate surface area is 181 Å². The van der Waals surface area contributed by atoms with E-state index in [1.54, 1.807) is 11.8 Å². The standard InChI is InChI=1S/C22H25FN2O5S/c1-15-4-3-11-25(13-15)21(26)14-30-22(27)20-12-19(10-5-16(20)2)31(28,29)24-18-8-6-17(23)7-9-18/h5-10,12,15,24H,3-4,11,13-14H2,1-2H3. The summed E-state index contributed by atoms with van der Waals surface area (Å²) in [5.41, 5.74) is 0.763. The first kappa shape index (κ1) is 22.7. The zero-order chi connectivity index (χ0) is 22.6. The first-order valence-electron chi connectivity index (χ1n) is 9.99. The van der Waals surface area contributed by atoms with Gasteiger partial charge in [-0.2, -0.15) is 0 Å². The molecule has 0 saturated carbocycles. The summed E-state index contributed by atoms with van der Waals surface area (Å²) in [6, 6.07) is 8.91. The van der Waals surface area contributed by atoms with Crippen LogP contribution in [0.15, 0.2) is 47.4 Å². The molecule has 9 heteroatoms. The van der Waals surface area contributed by atoms with Crippen LogP contribution in [0.4, 0.5) is 10.1 Å². The molecule has 1 aliphatic heterocycles. The Morgan fingerprint density at radius 2 is 1.90 bits per heavy atom. The quantitative estimate of drug-likeness (QED) is 0.684. The van der Waals surface area contributed by atoms with E-state index in [1.165, 1.54) is 30.3 Å². The van der Waals surface area contributed by atoms with Gasteiger partial charge >= 0.3 is 5.97 Å². The molecule has 2 aromatic carbocycles. The Hall–Kier alpha value is -2.94. The fraction of sp³-hybridized carbons (Fsp3) is 0.364. The van der Waals surface area contributed by atoms with Crippen LogP contribution in [0, 0.1) is 18.7 Å². The first-order valence-corrected chi connectivity index (χ1v) is 11.5. The zero-order valence-electron chi connectivity index (χ0n) is 17.4. The fourth-order valence-electron chi connectivity index (χ4n) is 3.43. The molecule has 1 heterocycles. The molecular formula is C22H25FN2O5S. The van der Waals surface area contributed by atoms with Gasteiger partial charge in [0.2, 0.25) is 0 Å². The van der Waals surface area contributed by atoms with Crippen LogP contribution >= 0.6 is 0 Å². The normalized spacial score (nSPS) is 16.6. The number of nitrogens with zero attached hydrogens (tertiary/aromatic N) is 1. The number of ether oxygens (including phenoxy) is 1. The summed E-state index contributed by atoms with van der Waals surface area (Å²) in [7, 11) is -4.01. The molecule has 0 aliphatic carbocycles. The molecule has 7 nitrogen and oxygen atoms in total. The fourth-order valence-corrected chi connectivity index (χ4v) is 4.52. The second-order valence-corrected chi connectivity index (χ2v) is 9.43. The second kappa shape index (κ2) is 9.47. The Bertz CT molecular complexity index is 1070. The lowest BCUT2D eigenvalue weighted by Crippen LogP contribution is -2.41. The van der Waals surface area contributed by atoms with Gasteiger partial charge in [0, 0.05) is 18.8 Å². The van der Waals surface area contributed by atoms with Crippen molar-refractivity contribution in [3.05, 3.63) is 59.4 Å². The van der Waals surface area contributed by atoms with Crippen LogP contribution in [-0.2, 0) is 19.6 Å². The number of anilines is 1. The highest BCUT2D eigenvalue weighted by Gasteiger charge is 2.23. The number of benzene rings is 2. The number of aryl methyl sites for hydroxylation is 1. The Kier molecular flexibility index (Phi) is 6.94. The number of piperidine rings is 1. The van der Waals surface area contributed by atoms with Crippen LogP contribution in [0.2, 0.25) is 0 Å². The maximum atomic E-state index is 13.0. The van der Waals surface area contributed by atoms with Crippen LogP contribution in [0.1, 0.15) is 35.7 Å². The molecule has 0 spiro atoms. The highest BCUT2D eigenvalue weighted by molar-refractivity contribution is 7.92. The molecule has 1 saturated heterocycles. The molecule has 1 N–H and O–H groups in total. The van der Waals surface area contributed by atoms with Crippen molar-refractivity contribution in [2.75, 3.05) is 24.4 Å². The molecular weight excluding hydrogens is 423 g/mol. The molecule has 0 bridgehead atoms. The lowest BCUT2D eigenvalue weighted by molar-refractivity contribution is -0.136. The number of nitrogens with one attached hydrogen (secondary N) is 1. The van der Waals surface area contributed by atoms with Crippen LogP contribution in [0.3, 0.4) is 0 Å². The van der Waals surface area contributed by atoms with E-state index in [9.17, 15) is 22.4 Å². The Balaban J connectivity index is 1.70. The topological polar surface area (TPSA) is 92.8 Å². The van der Waals surface area contributed by atoms with Gasteiger partial charge in [-0.15, -0.1) is 0 Å². The van der Waals surface area contributed by atoms with Gasteiger partial charge in [-0.3, -0.25) is 9.52 Å². The molecule has 1 fully saturated rings. The number of carbonyl (C=O) groups excluding carboxylic acids is 2. The summed E-state index contributed by atoms with van der Waals surface area (Å²) in [6.45, 7) is 4.60. The van der Waals surface area contributed by atoms with Crippen LogP contribution in [0.25, 0.3) is 0 Å². The van der Waals surface area contributed by atoms with Crippen molar-refractivity contribution >= 4 is 27.6 Å². The summed E-state index contributed by atoms with van der Waals surface area (Å²) in [4.78, 5) is 26.4. The Morgan fingerprint density at radius 1 is 1.19 bits per heavy atom. The molecule has 1 unspecified atom stereocenters. The predicted molar refractivity (Wildman–Crippen MR) is 114 cm³/mol. The van der Waals surface area contributed by atoms with E-state index in [0.29, 0.717) is 24.6 Å². The van der Waals surface area contributed by atoms with Gasteiger partial charge in [0.05, 0.1) is 10.5 Å². The van der Waals surface area contributed by atoms with E-state index in [4.69, 9.17) is 4.74 Å². The van der Waals surface area contributed by atoms with E-state index < -0.39 is 28.4 Å². The number of sulfonamides is 1. The second-order valence-electron chi connectivity index (χ2n) is 7.75. The van der Waals surface area contributed by atoms with Gasteiger partial charge in [-0.05, 0) is 67.6 Å². The number of hydrogen-bond donors (Lipinski definition) is 1. The number of likely N-dealkylation sites (tertiary alicyclic amines) is 1. The van der Waals surface area contributed by atoms with Crippen molar-refractivity contribution in [2.24, 2.45) is 5.92 Å². The van der Waals surface area contributed by atoms with Crippen molar-refractivity contribution < 1.29 is 27.1 Å². The van der Waals surface area contributed by atoms with Crippen molar-refractivity contribution in [3.63, 3.8) is 0 Å². The smallest absolute Gasteiger partial charge is 0.338 e. The highest BCUT2D eigenvalue weighted by atomic mass is 32.2. The number of halogens is 1. The third-order valence-corrected chi connectivity index (χ3v) is 6.55. The lowest BCUT2D eigenvalue weighted by Gasteiger charge is -2.30. The minimum Gasteiger partial charge on any atom is -0.452 e. The van der Waals surface area contributed by atoms with Crippen molar-refractivity contribution in [1.82, 2.24) is 4.90 Å². The third kappa shape index (κ3) is 5.81. The lowest BCUT2D eigenvalue weighted by atomic mass is 10.0. The summed E-state index contributed by atoms with van der Waals surface area (Å²) >= 11 is 0. The minimum absolute atomic E-state index is 0.0572. The number of esters is 1. The van der Waals surface area contributed by atoms with Gasteiger partial charge in [-0.25, -0.2) is 17.6 Å². The summed E-state index contributed by atoms with van der Waals surface area (Å²) in [5, 5.41) is 0.